The van der Waals surface area contributed by atoms with E-state index in [-0.39, 0.29) is 23.8 Å². The number of rotatable bonds is 5. The van der Waals surface area contributed by atoms with E-state index in [1.54, 1.807) is 0 Å². The van der Waals surface area contributed by atoms with Gasteiger partial charge in [0.15, 0.2) is 11.5 Å². The lowest BCUT2D eigenvalue weighted by Gasteiger charge is -2.27. The molecule has 1 aliphatic rings. The van der Waals surface area contributed by atoms with Gasteiger partial charge in [-0.25, -0.2) is 0 Å². The van der Waals surface area contributed by atoms with Crippen LogP contribution in [-0.2, 0) is 9.59 Å². The monoisotopic (exact) mass is 306 g/mol. The van der Waals surface area contributed by atoms with Gasteiger partial charge in [0.2, 0.25) is 11.8 Å². The van der Waals surface area contributed by atoms with Crippen molar-refractivity contribution in [2.45, 2.75) is 32.9 Å². The van der Waals surface area contributed by atoms with Gasteiger partial charge in [-0.2, -0.15) is 0 Å². The van der Waals surface area contributed by atoms with Gasteiger partial charge in [0.25, 0.3) is 0 Å². The Morgan fingerprint density at radius 1 is 1.27 bits per heavy atom. The van der Waals surface area contributed by atoms with Crippen LogP contribution in [0.15, 0.2) is 24.3 Å². The molecule has 6 nitrogen and oxygen atoms in total. The van der Waals surface area contributed by atoms with E-state index < -0.39 is 6.04 Å². The Hall–Kier alpha value is -2.24. The second kappa shape index (κ2) is 7.15. The third-order valence-corrected chi connectivity index (χ3v) is 3.38. The summed E-state index contributed by atoms with van der Waals surface area (Å²) in [7, 11) is 0. The number of para-hydroxylation sites is 2. The molecule has 1 aromatic rings. The molecule has 0 fully saturated rings. The van der Waals surface area contributed by atoms with E-state index in [4.69, 9.17) is 9.47 Å². The molecule has 120 valence electrons. The maximum Gasteiger partial charge on any atom is 0.242 e. The number of amides is 2. The Morgan fingerprint density at radius 3 is 2.59 bits per heavy atom. The van der Waals surface area contributed by atoms with E-state index in [0.29, 0.717) is 24.7 Å². The molecule has 0 aromatic heterocycles. The molecule has 6 heteroatoms. The zero-order valence-electron chi connectivity index (χ0n) is 13.1. The number of fused-ring (bicyclic) bond motifs is 1. The predicted octanol–water partition coefficient (Wildman–Crippen LogP) is 1.10. The van der Waals surface area contributed by atoms with E-state index >= 15 is 0 Å². The molecule has 0 bridgehead atoms. The van der Waals surface area contributed by atoms with E-state index in [9.17, 15) is 9.59 Å². The van der Waals surface area contributed by atoms with Crippen molar-refractivity contribution in [2.75, 3.05) is 13.2 Å². The van der Waals surface area contributed by atoms with Gasteiger partial charge in [-0.05, 0) is 18.1 Å². The zero-order valence-corrected chi connectivity index (χ0v) is 13.1. The van der Waals surface area contributed by atoms with Gasteiger partial charge in [0, 0.05) is 6.92 Å². The lowest BCUT2D eigenvalue weighted by Crippen LogP contribution is -2.51. The first-order valence-corrected chi connectivity index (χ1v) is 7.40. The highest BCUT2D eigenvalue weighted by Crippen LogP contribution is 2.30. The number of carbonyl (C=O) groups is 2. The lowest BCUT2D eigenvalue weighted by molar-refractivity contribution is -0.129. The Bertz CT molecular complexity index is 545. The van der Waals surface area contributed by atoms with Crippen LogP contribution in [-0.4, -0.2) is 37.1 Å². The molecule has 2 atom stereocenters. The fourth-order valence-corrected chi connectivity index (χ4v) is 2.24. The number of nitrogens with one attached hydrogen (secondary N) is 2. The van der Waals surface area contributed by atoms with Crippen LogP contribution in [0, 0.1) is 5.92 Å². The molecule has 1 aliphatic heterocycles. The molecule has 0 saturated carbocycles. The first-order valence-electron chi connectivity index (χ1n) is 7.40. The molecule has 0 spiro atoms. The molecule has 2 N–H and O–H groups in total. The molecule has 0 aliphatic carbocycles. The second-order valence-corrected chi connectivity index (χ2v) is 5.66. The second-order valence-electron chi connectivity index (χ2n) is 5.66. The summed E-state index contributed by atoms with van der Waals surface area (Å²) >= 11 is 0. The van der Waals surface area contributed by atoms with Gasteiger partial charge in [0.1, 0.15) is 18.8 Å². The molecule has 2 rings (SSSR count). The quantitative estimate of drug-likeness (QED) is 0.854. The summed E-state index contributed by atoms with van der Waals surface area (Å²) in [5.74, 6) is 0.958. The Kier molecular flexibility index (Phi) is 5.25. The van der Waals surface area contributed by atoms with Crippen molar-refractivity contribution in [2.24, 2.45) is 5.92 Å². The molecule has 0 unspecified atom stereocenters. The van der Waals surface area contributed by atoms with Crippen LogP contribution in [0.5, 0.6) is 11.5 Å². The average Bonchev–Trinajstić information content (AvgIpc) is 2.49. The van der Waals surface area contributed by atoms with Crippen LogP contribution in [0.3, 0.4) is 0 Å². The number of carbonyl (C=O) groups excluding carboxylic acids is 2. The van der Waals surface area contributed by atoms with Gasteiger partial charge in [0.05, 0.1) is 6.54 Å². The minimum Gasteiger partial charge on any atom is -0.486 e. The smallest absolute Gasteiger partial charge is 0.242 e. The standard InChI is InChI=1S/C16H22N2O4/c1-10(2)15(18-11(3)19)16(20)17-8-12-9-21-13-6-4-5-7-14(13)22-12/h4-7,10,12,15H,8-9H2,1-3H3,(H,17,20)(H,18,19)/t12-,15+/m0/s1. The van der Waals surface area contributed by atoms with Crippen molar-refractivity contribution in [3.63, 3.8) is 0 Å². The van der Waals surface area contributed by atoms with Crippen LogP contribution in [0.4, 0.5) is 0 Å². The third-order valence-electron chi connectivity index (χ3n) is 3.38. The highest BCUT2D eigenvalue weighted by atomic mass is 16.6. The molecule has 1 aromatic carbocycles. The summed E-state index contributed by atoms with van der Waals surface area (Å²) < 4.78 is 11.4. The van der Waals surface area contributed by atoms with Crippen molar-refractivity contribution in [1.82, 2.24) is 10.6 Å². The van der Waals surface area contributed by atoms with Crippen molar-refractivity contribution in [3.05, 3.63) is 24.3 Å². The number of hydrogen-bond acceptors (Lipinski definition) is 4. The molecule has 1 heterocycles. The average molecular weight is 306 g/mol. The molecular formula is C16H22N2O4. The van der Waals surface area contributed by atoms with E-state index in [0.717, 1.165) is 0 Å². The Balaban J connectivity index is 1.87. The van der Waals surface area contributed by atoms with Crippen molar-refractivity contribution >= 4 is 11.8 Å². The van der Waals surface area contributed by atoms with Crippen molar-refractivity contribution < 1.29 is 19.1 Å². The first-order chi connectivity index (χ1) is 10.5. The maximum atomic E-state index is 12.2. The Morgan fingerprint density at radius 2 is 1.95 bits per heavy atom. The van der Waals surface area contributed by atoms with Gasteiger partial charge in [-0.15, -0.1) is 0 Å². The van der Waals surface area contributed by atoms with Crippen molar-refractivity contribution in [1.29, 1.82) is 0 Å². The lowest BCUT2D eigenvalue weighted by atomic mass is 10.0. The summed E-state index contributed by atoms with van der Waals surface area (Å²) in [6, 6.07) is 6.88. The Labute approximate surface area is 130 Å². The van der Waals surface area contributed by atoms with Gasteiger partial charge >= 0.3 is 0 Å². The molecule has 0 radical (unpaired) electrons. The minimum absolute atomic E-state index is 0.00755. The molecule has 2 amide bonds. The number of benzene rings is 1. The molecule has 22 heavy (non-hydrogen) atoms. The maximum absolute atomic E-state index is 12.2. The topological polar surface area (TPSA) is 76.7 Å². The minimum atomic E-state index is -0.547. The SMILES string of the molecule is CC(=O)N[C@@H](C(=O)NC[C@H]1COc2ccccc2O1)C(C)C. The van der Waals surface area contributed by atoms with E-state index in [1.165, 1.54) is 6.92 Å². The fourth-order valence-electron chi connectivity index (χ4n) is 2.24. The zero-order chi connectivity index (χ0) is 16.1. The van der Waals surface area contributed by atoms with E-state index in [1.807, 2.05) is 38.1 Å². The van der Waals surface area contributed by atoms with Gasteiger partial charge in [-0.1, -0.05) is 26.0 Å². The number of hydrogen-bond donors (Lipinski definition) is 2. The predicted molar refractivity (Wildman–Crippen MR) is 81.8 cm³/mol. The highest BCUT2D eigenvalue weighted by Gasteiger charge is 2.25. The van der Waals surface area contributed by atoms with Crippen LogP contribution in [0.1, 0.15) is 20.8 Å². The van der Waals surface area contributed by atoms with Crippen LogP contribution < -0.4 is 20.1 Å². The molecular weight excluding hydrogens is 284 g/mol. The van der Waals surface area contributed by atoms with Gasteiger partial charge < -0.3 is 20.1 Å². The van der Waals surface area contributed by atoms with Gasteiger partial charge in [-0.3, -0.25) is 9.59 Å². The van der Waals surface area contributed by atoms with Crippen molar-refractivity contribution in [3.8, 4) is 11.5 Å². The normalized spacial score (nSPS) is 17.7. The molecule has 0 saturated heterocycles. The largest absolute Gasteiger partial charge is 0.486 e. The van der Waals surface area contributed by atoms with Crippen LogP contribution in [0.25, 0.3) is 0 Å². The number of ether oxygens (including phenoxy) is 2. The highest BCUT2D eigenvalue weighted by molar-refractivity contribution is 5.87. The first kappa shape index (κ1) is 16.1. The summed E-state index contributed by atoms with van der Waals surface area (Å²) in [4.78, 5) is 23.4. The summed E-state index contributed by atoms with van der Waals surface area (Å²) in [6.45, 7) is 5.88. The fraction of sp³-hybridized carbons (Fsp3) is 0.500. The van der Waals surface area contributed by atoms with Crippen LogP contribution in [0.2, 0.25) is 0 Å². The summed E-state index contributed by atoms with van der Waals surface area (Å²) in [5, 5.41) is 5.47. The summed E-state index contributed by atoms with van der Waals surface area (Å²) in [5.41, 5.74) is 0. The summed E-state index contributed by atoms with van der Waals surface area (Å²) in [6.07, 6.45) is -0.246. The third kappa shape index (κ3) is 4.13. The van der Waals surface area contributed by atoms with Crippen LogP contribution >= 0.6 is 0 Å². The van der Waals surface area contributed by atoms with E-state index in [2.05, 4.69) is 10.6 Å².